The van der Waals surface area contributed by atoms with Crippen molar-refractivity contribution in [2.75, 3.05) is 5.73 Å². The average Bonchev–Trinajstić information content (AvgIpc) is 2.69. The highest BCUT2D eigenvalue weighted by molar-refractivity contribution is 9.10. The number of hydrogen-bond donors (Lipinski definition) is 2. The summed E-state index contributed by atoms with van der Waals surface area (Å²) in [7, 11) is 0. The fraction of sp³-hybridized carbons (Fsp3) is 0.154. The second-order valence-corrected chi connectivity index (χ2v) is 5.88. The van der Waals surface area contributed by atoms with Crippen molar-refractivity contribution in [1.82, 2.24) is 0 Å². The first kappa shape index (κ1) is 14.0. The van der Waals surface area contributed by atoms with Gasteiger partial charge in [-0.05, 0) is 47.1 Å². The number of rotatable bonds is 4. The summed E-state index contributed by atoms with van der Waals surface area (Å²) in [4.78, 5) is 11.9. The topological polar surface area (TPSA) is 76.5 Å². The molecule has 0 bridgehead atoms. The van der Waals surface area contributed by atoms with E-state index in [4.69, 9.17) is 15.3 Å². The predicted molar refractivity (Wildman–Crippen MR) is 78.5 cm³/mol. The van der Waals surface area contributed by atoms with Gasteiger partial charge in [-0.3, -0.25) is 0 Å². The molecule has 100 valence electrons. The van der Waals surface area contributed by atoms with Crippen LogP contribution in [0.25, 0.3) is 0 Å². The molecule has 2 rings (SSSR count). The van der Waals surface area contributed by atoms with Crippen LogP contribution in [0.4, 0.5) is 5.69 Å². The van der Waals surface area contributed by atoms with E-state index in [9.17, 15) is 4.79 Å². The summed E-state index contributed by atoms with van der Waals surface area (Å²) in [5.74, 6) is 0.175. The van der Waals surface area contributed by atoms with E-state index in [1.165, 1.54) is 0 Å². The molecule has 0 saturated carbocycles. The quantitative estimate of drug-likeness (QED) is 0.650. The Hall–Kier alpha value is -1.40. The summed E-state index contributed by atoms with van der Waals surface area (Å²) in [6.07, 6.45) is 0. The van der Waals surface area contributed by atoms with Gasteiger partial charge in [0.2, 0.25) is 5.76 Å². The third kappa shape index (κ3) is 3.33. The number of hydrogen-bond acceptors (Lipinski definition) is 4. The number of aryl methyl sites for hydroxylation is 1. The Bertz CT molecular complexity index is 624. The number of aromatic carboxylic acids is 1. The van der Waals surface area contributed by atoms with Crippen LogP contribution in [0.1, 0.15) is 21.9 Å². The molecule has 1 heterocycles. The lowest BCUT2D eigenvalue weighted by Crippen LogP contribution is -1.94. The van der Waals surface area contributed by atoms with E-state index in [1.54, 1.807) is 24.8 Å². The number of nitrogen functional groups attached to an aromatic ring is 1. The minimum Gasteiger partial charge on any atom is -0.475 e. The van der Waals surface area contributed by atoms with Gasteiger partial charge in [-0.2, -0.15) is 0 Å². The van der Waals surface area contributed by atoms with Crippen LogP contribution < -0.4 is 5.73 Å². The molecule has 6 heteroatoms. The summed E-state index contributed by atoms with van der Waals surface area (Å²) in [6, 6.07) is 7.32. The summed E-state index contributed by atoms with van der Waals surface area (Å²) >= 11 is 4.99. The van der Waals surface area contributed by atoms with Crippen molar-refractivity contribution in [2.24, 2.45) is 0 Å². The number of thioether (sulfide) groups is 1. The molecule has 0 saturated heterocycles. The van der Waals surface area contributed by atoms with E-state index in [2.05, 4.69) is 15.9 Å². The number of furan rings is 1. The lowest BCUT2D eigenvalue weighted by atomic mass is 10.3. The second-order valence-electron chi connectivity index (χ2n) is 4.01. The highest BCUT2D eigenvalue weighted by atomic mass is 79.9. The van der Waals surface area contributed by atoms with Crippen LogP contribution in [0.15, 0.2) is 38.1 Å². The maximum atomic E-state index is 10.9. The number of nitrogens with two attached hydrogens (primary N) is 1. The molecule has 0 fully saturated rings. The summed E-state index contributed by atoms with van der Waals surface area (Å²) in [5, 5.41) is 8.92. The van der Waals surface area contributed by atoms with Crippen LogP contribution in [0.3, 0.4) is 0 Å². The van der Waals surface area contributed by atoms with Crippen molar-refractivity contribution in [3.05, 3.63) is 45.8 Å². The van der Waals surface area contributed by atoms with Crippen molar-refractivity contribution < 1.29 is 14.3 Å². The molecule has 0 aliphatic heterocycles. The van der Waals surface area contributed by atoms with Gasteiger partial charge in [0, 0.05) is 20.6 Å². The lowest BCUT2D eigenvalue weighted by molar-refractivity contribution is 0.0659. The Morgan fingerprint density at radius 1 is 1.47 bits per heavy atom. The fourth-order valence-electron chi connectivity index (χ4n) is 1.61. The molecule has 0 aliphatic rings. The van der Waals surface area contributed by atoms with Crippen molar-refractivity contribution in [3.8, 4) is 0 Å². The van der Waals surface area contributed by atoms with Crippen molar-refractivity contribution in [3.63, 3.8) is 0 Å². The molecule has 19 heavy (non-hydrogen) atoms. The van der Waals surface area contributed by atoms with Crippen LogP contribution in [0, 0.1) is 6.92 Å². The molecular formula is C13H12BrNO3S. The molecule has 4 nitrogen and oxygen atoms in total. The van der Waals surface area contributed by atoms with Gasteiger partial charge in [-0.1, -0.05) is 0 Å². The second kappa shape index (κ2) is 5.71. The summed E-state index contributed by atoms with van der Waals surface area (Å²) in [6.45, 7) is 1.72. The molecule has 3 N–H and O–H groups in total. The van der Waals surface area contributed by atoms with Crippen LogP contribution in [0.2, 0.25) is 0 Å². The number of carbonyl (C=O) groups is 1. The van der Waals surface area contributed by atoms with Gasteiger partial charge in [0.25, 0.3) is 0 Å². The minimum atomic E-state index is -1.04. The Balaban J connectivity index is 2.10. The number of halogens is 1. The van der Waals surface area contributed by atoms with Gasteiger partial charge in [0.1, 0.15) is 5.76 Å². The summed E-state index contributed by atoms with van der Waals surface area (Å²) < 4.78 is 6.22. The number of carboxylic acids is 1. The number of carboxylic acid groups (broad SMARTS) is 1. The SMILES string of the molecule is Cc1cc(CSc2ccc(N)cc2Br)oc1C(=O)O. The molecule has 0 radical (unpaired) electrons. The van der Waals surface area contributed by atoms with Gasteiger partial charge in [-0.15, -0.1) is 11.8 Å². The van der Waals surface area contributed by atoms with E-state index >= 15 is 0 Å². The predicted octanol–water partition coefficient (Wildman–Crippen LogP) is 3.92. The van der Waals surface area contributed by atoms with E-state index in [-0.39, 0.29) is 5.76 Å². The molecule has 1 aromatic heterocycles. The molecule has 2 aromatic rings. The summed E-state index contributed by atoms with van der Waals surface area (Å²) in [5.41, 5.74) is 7.00. The standard InChI is InChI=1S/C13H12BrNO3S/c1-7-4-9(18-12(7)13(16)17)6-19-11-3-2-8(15)5-10(11)14/h2-5H,6,15H2,1H3,(H,16,17). The van der Waals surface area contributed by atoms with Gasteiger partial charge in [0.15, 0.2) is 0 Å². The van der Waals surface area contributed by atoms with Gasteiger partial charge >= 0.3 is 5.97 Å². The average molecular weight is 342 g/mol. The zero-order valence-corrected chi connectivity index (χ0v) is 12.5. The van der Waals surface area contributed by atoms with E-state index in [0.29, 0.717) is 22.8 Å². The Kier molecular flexibility index (Phi) is 4.21. The molecule has 0 amide bonds. The van der Waals surface area contributed by atoms with Crippen molar-refractivity contribution in [1.29, 1.82) is 0 Å². The number of anilines is 1. The zero-order chi connectivity index (χ0) is 14.0. The van der Waals surface area contributed by atoms with Gasteiger partial charge in [0.05, 0.1) is 5.75 Å². The normalized spacial score (nSPS) is 10.6. The fourth-order valence-corrected chi connectivity index (χ4v) is 3.16. The maximum Gasteiger partial charge on any atom is 0.372 e. The largest absolute Gasteiger partial charge is 0.475 e. The van der Waals surface area contributed by atoms with Crippen LogP contribution in [-0.2, 0) is 5.75 Å². The third-order valence-corrected chi connectivity index (χ3v) is 4.50. The van der Waals surface area contributed by atoms with Crippen LogP contribution in [-0.4, -0.2) is 11.1 Å². The first-order valence-electron chi connectivity index (χ1n) is 5.48. The molecule has 1 aromatic carbocycles. The minimum absolute atomic E-state index is 0.00646. The third-order valence-electron chi connectivity index (χ3n) is 2.49. The highest BCUT2D eigenvalue weighted by Gasteiger charge is 2.14. The number of benzene rings is 1. The van der Waals surface area contributed by atoms with Gasteiger partial charge in [-0.25, -0.2) is 4.79 Å². The lowest BCUT2D eigenvalue weighted by Gasteiger charge is -2.03. The molecule has 0 spiro atoms. The zero-order valence-electron chi connectivity index (χ0n) is 10.1. The maximum absolute atomic E-state index is 10.9. The van der Waals surface area contributed by atoms with Crippen molar-refractivity contribution >= 4 is 39.3 Å². The Morgan fingerprint density at radius 2 is 2.21 bits per heavy atom. The molecule has 0 unspecified atom stereocenters. The first-order valence-corrected chi connectivity index (χ1v) is 7.25. The monoisotopic (exact) mass is 341 g/mol. The molecular weight excluding hydrogens is 330 g/mol. The van der Waals surface area contributed by atoms with E-state index in [1.807, 2.05) is 18.2 Å². The molecule has 0 aliphatic carbocycles. The van der Waals surface area contributed by atoms with Crippen molar-refractivity contribution in [2.45, 2.75) is 17.6 Å². The smallest absolute Gasteiger partial charge is 0.372 e. The van der Waals surface area contributed by atoms with E-state index in [0.717, 1.165) is 9.37 Å². The highest BCUT2D eigenvalue weighted by Crippen LogP contribution is 2.32. The Morgan fingerprint density at radius 3 is 2.79 bits per heavy atom. The van der Waals surface area contributed by atoms with Crippen LogP contribution >= 0.6 is 27.7 Å². The Labute approximate surface area is 123 Å². The van der Waals surface area contributed by atoms with Crippen LogP contribution in [0.5, 0.6) is 0 Å². The molecule has 0 atom stereocenters. The van der Waals surface area contributed by atoms with E-state index < -0.39 is 5.97 Å². The first-order chi connectivity index (χ1) is 8.97. The van der Waals surface area contributed by atoms with Gasteiger partial charge < -0.3 is 15.3 Å².